The molecule has 0 spiro atoms. The summed E-state index contributed by atoms with van der Waals surface area (Å²) in [5.41, 5.74) is 0.754. The van der Waals surface area contributed by atoms with Crippen LogP contribution < -0.4 is 10.1 Å². The standard InChI is InChI=1S/C25H25ClN2O4S2/c1-32-23-12-11-20(17-21(23)26)34(30,31)28-15-13-18(14-16-28)25(29)27-22-9-5-6-10-24(22)33-19-7-3-2-4-8-19/h2-12,17-18H,13-16H2,1H3,(H,27,29). The number of rotatable bonds is 7. The summed E-state index contributed by atoms with van der Waals surface area (Å²) in [5.74, 6) is 0.0630. The number of carbonyl (C=O) groups excluding carboxylic acids is 1. The van der Waals surface area contributed by atoms with Crippen LogP contribution in [0.4, 0.5) is 5.69 Å². The van der Waals surface area contributed by atoms with Crippen molar-refractivity contribution in [1.29, 1.82) is 0 Å². The Bertz CT molecular complexity index is 1260. The maximum Gasteiger partial charge on any atom is 0.243 e. The monoisotopic (exact) mass is 516 g/mol. The van der Waals surface area contributed by atoms with Crippen LogP contribution in [0.2, 0.25) is 5.02 Å². The molecule has 34 heavy (non-hydrogen) atoms. The lowest BCUT2D eigenvalue weighted by atomic mass is 9.97. The first-order valence-corrected chi connectivity index (χ1v) is 13.5. The van der Waals surface area contributed by atoms with Crippen LogP contribution in [0.5, 0.6) is 5.75 Å². The summed E-state index contributed by atoms with van der Waals surface area (Å²) in [7, 11) is -2.22. The lowest BCUT2D eigenvalue weighted by Gasteiger charge is -2.30. The van der Waals surface area contributed by atoms with Gasteiger partial charge in [-0.3, -0.25) is 4.79 Å². The van der Waals surface area contributed by atoms with Gasteiger partial charge in [-0.1, -0.05) is 53.7 Å². The molecule has 1 heterocycles. The number of halogens is 1. The van der Waals surface area contributed by atoms with Crippen LogP contribution in [0.25, 0.3) is 0 Å². The van der Waals surface area contributed by atoms with Crippen molar-refractivity contribution < 1.29 is 17.9 Å². The van der Waals surface area contributed by atoms with E-state index in [0.717, 1.165) is 15.5 Å². The van der Waals surface area contributed by atoms with Gasteiger partial charge in [0, 0.05) is 28.8 Å². The maximum absolute atomic E-state index is 13.0. The molecule has 0 saturated carbocycles. The van der Waals surface area contributed by atoms with Crippen LogP contribution in [0.3, 0.4) is 0 Å². The van der Waals surface area contributed by atoms with Gasteiger partial charge < -0.3 is 10.1 Å². The molecule has 0 bridgehead atoms. The second kappa shape index (κ2) is 10.8. The van der Waals surface area contributed by atoms with Crippen LogP contribution in [0.15, 0.2) is 87.5 Å². The fourth-order valence-corrected chi connectivity index (χ4v) is 6.57. The molecule has 4 rings (SSSR count). The number of nitrogens with zero attached hydrogens (tertiary/aromatic N) is 1. The molecule has 0 atom stereocenters. The fourth-order valence-electron chi connectivity index (χ4n) is 3.82. The zero-order valence-corrected chi connectivity index (χ0v) is 21.0. The molecule has 1 amide bonds. The van der Waals surface area contributed by atoms with Crippen molar-refractivity contribution in [2.24, 2.45) is 5.92 Å². The van der Waals surface area contributed by atoms with E-state index in [1.165, 1.54) is 23.5 Å². The summed E-state index contributed by atoms with van der Waals surface area (Å²) in [5, 5.41) is 3.29. The van der Waals surface area contributed by atoms with Crippen LogP contribution in [-0.4, -0.2) is 38.8 Å². The average molecular weight is 517 g/mol. The second-order valence-corrected chi connectivity index (χ2v) is 11.3. The summed E-state index contributed by atoms with van der Waals surface area (Å²) in [4.78, 5) is 15.2. The minimum atomic E-state index is -3.70. The molecule has 0 aliphatic carbocycles. The number of carbonyl (C=O) groups is 1. The first kappa shape index (κ1) is 24.6. The number of nitrogens with one attached hydrogen (secondary N) is 1. The van der Waals surface area contributed by atoms with Gasteiger partial charge in [0.25, 0.3) is 0 Å². The Morgan fingerprint density at radius 3 is 2.38 bits per heavy atom. The molecule has 0 unspecified atom stereocenters. The van der Waals surface area contributed by atoms with Crippen molar-refractivity contribution in [1.82, 2.24) is 4.31 Å². The van der Waals surface area contributed by atoms with Gasteiger partial charge in [0.1, 0.15) is 5.75 Å². The van der Waals surface area contributed by atoms with E-state index in [4.69, 9.17) is 16.3 Å². The predicted octanol–water partition coefficient (Wildman–Crippen LogP) is 5.54. The SMILES string of the molecule is COc1ccc(S(=O)(=O)N2CCC(C(=O)Nc3ccccc3Sc3ccccc3)CC2)cc1Cl. The molecule has 178 valence electrons. The highest BCUT2D eigenvalue weighted by atomic mass is 35.5. The molecule has 1 N–H and O–H groups in total. The van der Waals surface area contributed by atoms with Gasteiger partial charge in [0.2, 0.25) is 15.9 Å². The number of piperidine rings is 1. The number of methoxy groups -OCH3 is 1. The predicted molar refractivity (Wildman–Crippen MR) is 135 cm³/mol. The Morgan fingerprint density at radius 1 is 1.03 bits per heavy atom. The lowest BCUT2D eigenvalue weighted by molar-refractivity contribution is -0.120. The normalized spacial score (nSPS) is 15.1. The third-order valence-corrected chi connectivity index (χ3v) is 8.98. The van der Waals surface area contributed by atoms with E-state index < -0.39 is 10.0 Å². The Hall–Kier alpha value is -2.52. The molecule has 3 aromatic rings. The second-order valence-electron chi connectivity index (χ2n) is 7.88. The van der Waals surface area contributed by atoms with Gasteiger partial charge in [-0.25, -0.2) is 8.42 Å². The Morgan fingerprint density at radius 2 is 1.71 bits per heavy atom. The minimum Gasteiger partial charge on any atom is -0.495 e. The van der Waals surface area contributed by atoms with E-state index in [2.05, 4.69) is 5.32 Å². The van der Waals surface area contributed by atoms with E-state index in [9.17, 15) is 13.2 Å². The topological polar surface area (TPSA) is 75.7 Å². The zero-order chi connectivity index (χ0) is 24.1. The third kappa shape index (κ3) is 5.58. The third-order valence-electron chi connectivity index (χ3n) is 5.70. The Kier molecular flexibility index (Phi) is 7.83. The van der Waals surface area contributed by atoms with Crippen molar-refractivity contribution in [3.63, 3.8) is 0 Å². The first-order chi connectivity index (χ1) is 16.4. The Balaban J connectivity index is 1.39. The molecule has 6 nitrogen and oxygen atoms in total. The van der Waals surface area contributed by atoms with Gasteiger partial charge in [-0.05, 0) is 55.3 Å². The number of amides is 1. The number of benzene rings is 3. The van der Waals surface area contributed by atoms with Crippen molar-refractivity contribution in [2.45, 2.75) is 27.5 Å². The molecule has 1 aliphatic heterocycles. The van der Waals surface area contributed by atoms with Gasteiger partial charge in [0.05, 0.1) is 22.7 Å². The molecule has 0 radical (unpaired) electrons. The summed E-state index contributed by atoms with van der Waals surface area (Å²) in [6, 6.07) is 22.1. The van der Waals surface area contributed by atoms with E-state index in [0.29, 0.717) is 18.6 Å². The van der Waals surface area contributed by atoms with Crippen molar-refractivity contribution in [3.8, 4) is 5.75 Å². The van der Waals surface area contributed by atoms with Crippen LogP contribution >= 0.6 is 23.4 Å². The first-order valence-electron chi connectivity index (χ1n) is 10.8. The molecule has 3 aromatic carbocycles. The highest BCUT2D eigenvalue weighted by molar-refractivity contribution is 7.99. The molecule has 1 fully saturated rings. The number of hydrogen-bond donors (Lipinski definition) is 1. The summed E-state index contributed by atoms with van der Waals surface area (Å²) < 4.78 is 32.6. The van der Waals surface area contributed by atoms with E-state index in [1.54, 1.807) is 17.8 Å². The van der Waals surface area contributed by atoms with Gasteiger partial charge >= 0.3 is 0 Å². The van der Waals surface area contributed by atoms with Crippen LogP contribution in [0, 0.1) is 5.92 Å². The zero-order valence-electron chi connectivity index (χ0n) is 18.6. The molecule has 1 aliphatic rings. The molecule has 0 aromatic heterocycles. The number of ether oxygens (including phenoxy) is 1. The molecular formula is C25H25ClN2O4S2. The quantitative estimate of drug-likeness (QED) is 0.446. The summed E-state index contributed by atoms with van der Waals surface area (Å²) in [6.07, 6.45) is 0.895. The average Bonchev–Trinajstić information content (AvgIpc) is 2.86. The molecule has 9 heteroatoms. The van der Waals surface area contributed by atoms with Gasteiger partial charge in [0.15, 0.2) is 0 Å². The summed E-state index contributed by atoms with van der Waals surface area (Å²) in [6.45, 7) is 0.537. The number of sulfonamides is 1. The highest BCUT2D eigenvalue weighted by Crippen LogP contribution is 2.34. The van der Waals surface area contributed by atoms with E-state index >= 15 is 0 Å². The van der Waals surface area contributed by atoms with E-state index in [-0.39, 0.29) is 34.8 Å². The Labute approximate surface area is 209 Å². The maximum atomic E-state index is 13.0. The smallest absolute Gasteiger partial charge is 0.243 e. The van der Waals surface area contributed by atoms with Crippen molar-refractivity contribution in [3.05, 3.63) is 77.8 Å². The number of anilines is 1. The van der Waals surface area contributed by atoms with Gasteiger partial charge in [-0.15, -0.1) is 0 Å². The molecule has 1 saturated heterocycles. The number of hydrogen-bond acceptors (Lipinski definition) is 5. The van der Waals surface area contributed by atoms with Crippen LogP contribution in [-0.2, 0) is 14.8 Å². The van der Waals surface area contributed by atoms with Crippen molar-refractivity contribution in [2.75, 3.05) is 25.5 Å². The van der Waals surface area contributed by atoms with Crippen molar-refractivity contribution >= 4 is 45.0 Å². The molecular weight excluding hydrogens is 492 g/mol. The fraction of sp³-hybridized carbons (Fsp3) is 0.240. The van der Waals surface area contributed by atoms with Crippen LogP contribution in [0.1, 0.15) is 12.8 Å². The lowest BCUT2D eigenvalue weighted by Crippen LogP contribution is -2.41. The van der Waals surface area contributed by atoms with Gasteiger partial charge in [-0.2, -0.15) is 4.31 Å². The van der Waals surface area contributed by atoms with E-state index in [1.807, 2.05) is 54.6 Å². The highest BCUT2D eigenvalue weighted by Gasteiger charge is 2.32. The summed E-state index contributed by atoms with van der Waals surface area (Å²) >= 11 is 7.70. The number of para-hydroxylation sites is 1. The largest absolute Gasteiger partial charge is 0.495 e. The minimum absolute atomic E-state index is 0.0920.